The van der Waals surface area contributed by atoms with Gasteiger partial charge in [0.1, 0.15) is 11.3 Å². The van der Waals surface area contributed by atoms with Crippen molar-refractivity contribution in [3.63, 3.8) is 0 Å². The molecule has 1 fully saturated rings. The molecular weight excluding hydrogens is 431 g/mol. The highest BCUT2D eigenvalue weighted by Crippen LogP contribution is 2.25. The zero-order valence-corrected chi connectivity index (χ0v) is 17.8. The number of carbonyl (C=O) groups is 3. The topological polar surface area (TPSA) is 146 Å². The van der Waals surface area contributed by atoms with Crippen LogP contribution in [0.1, 0.15) is 31.8 Å². The summed E-state index contributed by atoms with van der Waals surface area (Å²) in [6.07, 6.45) is -0.178. The number of hydrogen-bond donors (Lipinski definition) is 4. The van der Waals surface area contributed by atoms with Gasteiger partial charge in [0.2, 0.25) is 0 Å². The van der Waals surface area contributed by atoms with Crippen molar-refractivity contribution in [2.24, 2.45) is 0 Å². The number of nitrogens with zero attached hydrogens (tertiary/aromatic N) is 1. The number of aromatic carboxylic acids is 1. The Morgan fingerprint density at radius 2 is 1.85 bits per heavy atom. The summed E-state index contributed by atoms with van der Waals surface area (Å²) in [6.45, 7) is 3.91. The quantitative estimate of drug-likeness (QED) is 0.289. The molecule has 0 aliphatic carbocycles. The number of nitrogens with one attached hydrogen (secondary N) is 1. The molecule has 0 spiro atoms. The lowest BCUT2D eigenvalue weighted by molar-refractivity contribution is -0.120. The Hall–Kier alpha value is -3.25. The molecular formula is C22H25BN2O8. The van der Waals surface area contributed by atoms with Crippen molar-refractivity contribution in [1.82, 2.24) is 10.2 Å². The van der Waals surface area contributed by atoms with E-state index in [1.54, 1.807) is 12.1 Å². The van der Waals surface area contributed by atoms with Crippen molar-refractivity contribution in [1.29, 1.82) is 0 Å². The molecule has 1 heterocycles. The molecule has 1 amide bonds. The minimum atomic E-state index is -1.94. The van der Waals surface area contributed by atoms with Gasteiger partial charge in [0.15, 0.2) is 0 Å². The monoisotopic (exact) mass is 456 g/mol. The fraction of sp³-hybridized carbons (Fsp3) is 0.318. The Bertz CT molecular complexity index is 977. The largest absolute Gasteiger partial charge is 0.478 e. The van der Waals surface area contributed by atoms with Crippen LogP contribution in [-0.2, 0) is 22.5 Å². The van der Waals surface area contributed by atoms with Crippen LogP contribution in [0.3, 0.4) is 0 Å². The second-order valence-corrected chi connectivity index (χ2v) is 7.60. The van der Waals surface area contributed by atoms with Gasteiger partial charge in [0.25, 0.3) is 12.4 Å². The number of carbonyl (C=O) groups excluding carboxylic acids is 2. The molecule has 0 radical (unpaired) electrons. The smallest absolute Gasteiger partial charge is 0.475 e. The first-order valence-corrected chi connectivity index (χ1v) is 10.4. The molecule has 1 aliphatic rings. The number of carboxylic acids is 1. The van der Waals surface area contributed by atoms with E-state index in [1.165, 1.54) is 18.2 Å². The van der Waals surface area contributed by atoms with Crippen molar-refractivity contribution < 1.29 is 39.0 Å². The van der Waals surface area contributed by atoms with Gasteiger partial charge >= 0.3 is 13.1 Å². The third kappa shape index (κ3) is 6.62. The number of hydrogen-bond acceptors (Lipinski definition) is 8. The third-order valence-electron chi connectivity index (χ3n) is 5.34. The van der Waals surface area contributed by atoms with E-state index in [-0.39, 0.29) is 29.8 Å². The lowest BCUT2D eigenvalue weighted by atomic mass is 9.75. The molecule has 1 atom stereocenters. The first-order valence-electron chi connectivity index (χ1n) is 10.4. The van der Waals surface area contributed by atoms with Crippen LogP contribution in [0.2, 0.25) is 0 Å². The number of ether oxygens (including phenoxy) is 2. The second-order valence-electron chi connectivity index (χ2n) is 7.60. The van der Waals surface area contributed by atoms with Crippen molar-refractivity contribution >= 4 is 25.5 Å². The summed E-state index contributed by atoms with van der Waals surface area (Å²) in [5.74, 6) is -3.23. The zero-order valence-electron chi connectivity index (χ0n) is 17.8. The maximum Gasteiger partial charge on any atom is 0.475 e. The van der Waals surface area contributed by atoms with Crippen molar-refractivity contribution in [3.05, 3.63) is 64.7 Å². The summed E-state index contributed by atoms with van der Waals surface area (Å²) in [5.41, 5.74) is 1.33. The van der Waals surface area contributed by atoms with E-state index in [0.717, 1.165) is 25.2 Å². The summed E-state index contributed by atoms with van der Waals surface area (Å²) in [5, 5.41) is 31.4. The summed E-state index contributed by atoms with van der Waals surface area (Å²) in [7, 11) is -1.94. The fourth-order valence-corrected chi connectivity index (χ4v) is 3.60. The van der Waals surface area contributed by atoms with Gasteiger partial charge in [0, 0.05) is 25.2 Å². The highest BCUT2D eigenvalue weighted by Gasteiger charge is 2.28. The molecule has 3 rings (SSSR count). The van der Waals surface area contributed by atoms with Gasteiger partial charge in [-0.1, -0.05) is 24.3 Å². The summed E-state index contributed by atoms with van der Waals surface area (Å²) in [6, 6.07) is 11.1. The Morgan fingerprint density at radius 3 is 2.45 bits per heavy atom. The van der Waals surface area contributed by atoms with Gasteiger partial charge in [-0.25, -0.2) is 4.79 Å². The van der Waals surface area contributed by atoms with Crippen LogP contribution in [0.4, 0.5) is 0 Å². The number of morpholine rings is 1. The van der Waals surface area contributed by atoms with Crippen molar-refractivity contribution in [2.75, 3.05) is 26.3 Å². The van der Waals surface area contributed by atoms with Gasteiger partial charge in [-0.3, -0.25) is 14.5 Å². The molecule has 0 unspecified atom stereocenters. The number of amides is 1. The van der Waals surface area contributed by atoms with Crippen LogP contribution in [0.15, 0.2) is 42.5 Å². The molecule has 0 bridgehead atoms. The number of rotatable bonds is 10. The van der Waals surface area contributed by atoms with Gasteiger partial charge in [-0.05, 0) is 35.7 Å². The molecule has 0 saturated carbocycles. The normalized spacial score (nSPS) is 14.8. The highest BCUT2D eigenvalue weighted by atomic mass is 16.5. The van der Waals surface area contributed by atoms with E-state index >= 15 is 0 Å². The van der Waals surface area contributed by atoms with E-state index in [2.05, 4.69) is 10.2 Å². The van der Waals surface area contributed by atoms with E-state index in [9.17, 15) is 29.5 Å². The molecule has 1 aliphatic heterocycles. The van der Waals surface area contributed by atoms with Crippen LogP contribution < -0.4 is 10.1 Å². The standard InChI is InChI=1S/C22H25BN2O8/c26-14-33-20-17(2-1-3-18(20)22(28)29)12-19(23(30)31)24-21(27)16-6-4-15(5-7-16)13-25-8-10-32-11-9-25/h1-7,14,19,30-31H,8-13H2,(H,24,27)(H,28,29)/t19-/m0/s1. The van der Waals surface area contributed by atoms with Crippen LogP contribution >= 0.6 is 0 Å². The van der Waals surface area contributed by atoms with Gasteiger partial charge in [-0.15, -0.1) is 0 Å². The zero-order chi connectivity index (χ0) is 23.8. The first kappa shape index (κ1) is 24.4. The van der Waals surface area contributed by atoms with Crippen LogP contribution in [0.5, 0.6) is 5.75 Å². The Labute approximate surface area is 190 Å². The van der Waals surface area contributed by atoms with Gasteiger partial charge in [0.05, 0.1) is 19.2 Å². The van der Waals surface area contributed by atoms with E-state index in [1.807, 2.05) is 12.1 Å². The number of benzene rings is 2. The summed E-state index contributed by atoms with van der Waals surface area (Å²) < 4.78 is 10.2. The molecule has 2 aromatic rings. The van der Waals surface area contributed by atoms with E-state index < -0.39 is 24.9 Å². The molecule has 4 N–H and O–H groups in total. The average Bonchev–Trinajstić information content (AvgIpc) is 2.80. The number of para-hydroxylation sites is 1. The molecule has 2 aromatic carbocycles. The predicted molar refractivity (Wildman–Crippen MR) is 118 cm³/mol. The lowest BCUT2D eigenvalue weighted by Gasteiger charge is -2.26. The Morgan fingerprint density at radius 1 is 1.15 bits per heavy atom. The van der Waals surface area contributed by atoms with E-state index in [0.29, 0.717) is 18.8 Å². The Kier molecular flexibility index (Phi) is 8.55. The molecule has 10 nitrogen and oxygen atoms in total. The minimum Gasteiger partial charge on any atom is -0.478 e. The molecule has 174 valence electrons. The van der Waals surface area contributed by atoms with Crippen molar-refractivity contribution in [3.8, 4) is 5.75 Å². The lowest BCUT2D eigenvalue weighted by Crippen LogP contribution is -2.48. The SMILES string of the molecule is O=COc1c(C[C@H](NC(=O)c2ccc(CN3CCOCC3)cc2)B(O)O)cccc1C(=O)O. The fourth-order valence-electron chi connectivity index (χ4n) is 3.60. The summed E-state index contributed by atoms with van der Waals surface area (Å²) in [4.78, 5) is 37.2. The van der Waals surface area contributed by atoms with Crippen LogP contribution in [-0.4, -0.2) is 77.8 Å². The Balaban J connectivity index is 1.70. The first-order chi connectivity index (χ1) is 15.9. The third-order valence-corrected chi connectivity index (χ3v) is 5.34. The highest BCUT2D eigenvalue weighted by molar-refractivity contribution is 6.43. The minimum absolute atomic E-state index is 0.0900. The molecule has 11 heteroatoms. The molecule has 33 heavy (non-hydrogen) atoms. The maximum atomic E-state index is 12.7. The molecule has 0 aromatic heterocycles. The van der Waals surface area contributed by atoms with Gasteiger partial charge < -0.3 is 29.9 Å². The van der Waals surface area contributed by atoms with E-state index in [4.69, 9.17) is 9.47 Å². The summed E-state index contributed by atoms with van der Waals surface area (Å²) >= 11 is 0. The van der Waals surface area contributed by atoms with Crippen molar-refractivity contribution in [2.45, 2.75) is 18.9 Å². The average molecular weight is 456 g/mol. The predicted octanol–water partition coefficient (Wildman–Crippen LogP) is 0.105. The van der Waals surface area contributed by atoms with Crippen LogP contribution in [0, 0.1) is 0 Å². The van der Waals surface area contributed by atoms with Crippen LogP contribution in [0.25, 0.3) is 0 Å². The number of carboxylic acid groups (broad SMARTS) is 1. The maximum absolute atomic E-state index is 12.7. The molecule has 1 saturated heterocycles. The second kappa shape index (κ2) is 11.6. The van der Waals surface area contributed by atoms with Gasteiger partial charge in [-0.2, -0.15) is 0 Å².